The highest BCUT2D eigenvalue weighted by Gasteiger charge is 2.65. The minimum absolute atomic E-state index is 0.0158. The van der Waals surface area contributed by atoms with Crippen LogP contribution in [0.4, 0.5) is 0 Å². The first-order valence-electron chi connectivity index (χ1n) is 8.16. The Morgan fingerprint density at radius 1 is 0.789 bits per heavy atom. The topological polar surface area (TPSA) is 9.23 Å². The van der Waals surface area contributed by atoms with Crippen LogP contribution in [-0.2, 0) is 4.74 Å². The zero-order valence-corrected chi connectivity index (χ0v) is 14.4. The van der Waals surface area contributed by atoms with Crippen molar-refractivity contribution in [3.05, 3.63) is 0 Å². The van der Waals surface area contributed by atoms with Crippen molar-refractivity contribution >= 4 is 0 Å². The van der Waals surface area contributed by atoms with Crippen LogP contribution in [-0.4, -0.2) is 11.7 Å². The normalized spacial score (nSPS) is 41.4. The Balaban J connectivity index is 2.47. The molecule has 0 amide bonds. The highest BCUT2D eigenvalue weighted by atomic mass is 16.5. The van der Waals surface area contributed by atoms with Crippen molar-refractivity contribution in [3.63, 3.8) is 0 Å². The van der Waals surface area contributed by atoms with Crippen molar-refractivity contribution in [2.45, 2.75) is 92.8 Å². The second-order valence-corrected chi connectivity index (χ2v) is 8.82. The molecule has 0 N–H and O–H groups in total. The lowest BCUT2D eigenvalue weighted by Crippen LogP contribution is -2.68. The molecule has 0 aromatic heterocycles. The molecule has 112 valence electrons. The minimum Gasteiger partial charge on any atom is -0.371 e. The van der Waals surface area contributed by atoms with Crippen LogP contribution in [0.1, 0.15) is 81.1 Å². The van der Waals surface area contributed by atoms with E-state index in [0.29, 0.717) is 6.10 Å². The summed E-state index contributed by atoms with van der Waals surface area (Å²) >= 11 is 0. The van der Waals surface area contributed by atoms with Crippen LogP contribution in [0, 0.1) is 22.2 Å². The Kier molecular flexibility index (Phi) is 3.42. The fourth-order valence-corrected chi connectivity index (χ4v) is 4.68. The van der Waals surface area contributed by atoms with Gasteiger partial charge in [-0.05, 0) is 48.9 Å². The van der Waals surface area contributed by atoms with Gasteiger partial charge in [0.2, 0.25) is 0 Å². The largest absolute Gasteiger partial charge is 0.371 e. The van der Waals surface area contributed by atoms with Gasteiger partial charge < -0.3 is 4.74 Å². The first kappa shape index (κ1) is 15.4. The lowest BCUT2D eigenvalue weighted by atomic mass is 9.45. The molecule has 0 aromatic rings. The monoisotopic (exact) mass is 266 g/mol. The maximum absolute atomic E-state index is 6.72. The zero-order valence-electron chi connectivity index (χ0n) is 14.4. The molecule has 2 atom stereocenters. The van der Waals surface area contributed by atoms with E-state index in [9.17, 15) is 0 Å². The molecule has 0 bridgehead atoms. The van der Waals surface area contributed by atoms with Gasteiger partial charge in [0.1, 0.15) is 0 Å². The summed E-state index contributed by atoms with van der Waals surface area (Å²) in [7, 11) is 0. The third-order valence-corrected chi connectivity index (χ3v) is 7.99. The quantitative estimate of drug-likeness (QED) is 0.614. The Bertz CT molecular complexity index is 347. The van der Waals surface area contributed by atoms with Gasteiger partial charge >= 0.3 is 0 Å². The molecular weight excluding hydrogens is 232 g/mol. The van der Waals surface area contributed by atoms with E-state index >= 15 is 0 Å². The number of ether oxygens (including phenoxy) is 1. The Morgan fingerprint density at radius 3 is 1.74 bits per heavy atom. The van der Waals surface area contributed by atoms with Crippen molar-refractivity contribution in [2.75, 3.05) is 0 Å². The van der Waals surface area contributed by atoms with E-state index < -0.39 is 0 Å². The third-order valence-electron chi connectivity index (χ3n) is 7.99. The first-order valence-corrected chi connectivity index (χ1v) is 8.16. The van der Waals surface area contributed by atoms with Crippen molar-refractivity contribution in [1.29, 1.82) is 0 Å². The summed E-state index contributed by atoms with van der Waals surface area (Å²) in [5.41, 5.74) is 0.663. The first-order chi connectivity index (χ1) is 8.48. The van der Waals surface area contributed by atoms with E-state index in [0.717, 1.165) is 5.92 Å². The molecule has 2 unspecified atom stereocenters. The highest BCUT2D eigenvalue weighted by Crippen LogP contribution is 2.65. The van der Waals surface area contributed by atoms with Gasteiger partial charge in [-0.1, -0.05) is 54.4 Å². The second kappa shape index (κ2) is 4.23. The van der Waals surface area contributed by atoms with Gasteiger partial charge in [0.05, 0.1) is 11.7 Å². The van der Waals surface area contributed by atoms with Gasteiger partial charge in [-0.2, -0.15) is 0 Å². The summed E-state index contributed by atoms with van der Waals surface area (Å²) in [5.74, 6) is 0.736. The summed E-state index contributed by atoms with van der Waals surface area (Å²) in [6, 6.07) is 0. The average Bonchev–Trinajstić information content (AvgIpc) is 2.80. The highest BCUT2D eigenvalue weighted by molar-refractivity contribution is 5.13. The molecule has 1 saturated heterocycles. The summed E-state index contributed by atoms with van der Waals surface area (Å²) in [6.07, 6.45) is 5.79. The van der Waals surface area contributed by atoms with Crippen LogP contribution in [0.25, 0.3) is 0 Å². The fraction of sp³-hybridized carbons (Fsp3) is 1.00. The van der Waals surface area contributed by atoms with Crippen molar-refractivity contribution in [1.82, 2.24) is 0 Å². The molecule has 2 aliphatic rings. The van der Waals surface area contributed by atoms with Gasteiger partial charge in [-0.3, -0.25) is 0 Å². The van der Waals surface area contributed by atoms with E-state index in [-0.39, 0.29) is 21.8 Å². The maximum atomic E-state index is 6.72. The molecule has 1 aliphatic carbocycles. The molecule has 1 heterocycles. The van der Waals surface area contributed by atoms with E-state index in [1.165, 1.54) is 25.7 Å². The lowest BCUT2D eigenvalue weighted by Gasteiger charge is -2.67. The molecule has 2 rings (SSSR count). The maximum Gasteiger partial charge on any atom is 0.0742 e. The SMILES string of the molecule is CC1OC(C)(C2CCCC2)C(C)(C)C(C)(C)C1(C)C. The van der Waals surface area contributed by atoms with Gasteiger partial charge in [0, 0.05) is 0 Å². The predicted molar refractivity (Wildman–Crippen MR) is 82.3 cm³/mol. The minimum atomic E-state index is 0.0158. The molecular formula is C18H34O. The van der Waals surface area contributed by atoms with Crippen molar-refractivity contribution in [3.8, 4) is 0 Å². The van der Waals surface area contributed by atoms with Crippen molar-refractivity contribution < 1.29 is 4.74 Å². The smallest absolute Gasteiger partial charge is 0.0742 e. The summed E-state index contributed by atoms with van der Waals surface area (Å²) in [4.78, 5) is 0. The number of rotatable bonds is 1. The molecule has 1 aliphatic heterocycles. The Hall–Kier alpha value is -0.0400. The Labute approximate surface area is 120 Å². The molecule has 0 radical (unpaired) electrons. The predicted octanol–water partition coefficient (Wildman–Crippen LogP) is 5.43. The van der Waals surface area contributed by atoms with Crippen LogP contribution < -0.4 is 0 Å². The van der Waals surface area contributed by atoms with Gasteiger partial charge in [-0.15, -0.1) is 0 Å². The summed E-state index contributed by atoms with van der Waals surface area (Å²) in [6.45, 7) is 19.2. The molecule has 0 spiro atoms. The number of hydrogen-bond donors (Lipinski definition) is 0. The van der Waals surface area contributed by atoms with Gasteiger partial charge in [0.25, 0.3) is 0 Å². The summed E-state index contributed by atoms with van der Waals surface area (Å²) in [5, 5.41) is 0. The fourth-order valence-electron chi connectivity index (χ4n) is 4.68. The van der Waals surface area contributed by atoms with E-state index in [2.05, 4.69) is 55.4 Å². The number of hydrogen-bond acceptors (Lipinski definition) is 1. The molecule has 1 heteroatoms. The van der Waals surface area contributed by atoms with E-state index in [1.807, 2.05) is 0 Å². The van der Waals surface area contributed by atoms with E-state index in [4.69, 9.17) is 4.74 Å². The lowest BCUT2D eigenvalue weighted by molar-refractivity contribution is -0.306. The molecule has 2 fully saturated rings. The van der Waals surface area contributed by atoms with E-state index in [1.54, 1.807) is 0 Å². The van der Waals surface area contributed by atoms with Crippen LogP contribution in [0.3, 0.4) is 0 Å². The molecule has 0 aromatic carbocycles. The van der Waals surface area contributed by atoms with Crippen LogP contribution in [0.2, 0.25) is 0 Å². The summed E-state index contributed by atoms with van der Waals surface area (Å²) < 4.78 is 6.72. The second-order valence-electron chi connectivity index (χ2n) is 8.82. The van der Waals surface area contributed by atoms with Crippen LogP contribution in [0.15, 0.2) is 0 Å². The van der Waals surface area contributed by atoms with Gasteiger partial charge in [0.15, 0.2) is 0 Å². The van der Waals surface area contributed by atoms with Crippen molar-refractivity contribution in [2.24, 2.45) is 22.2 Å². The standard InChI is InChI=1S/C18H34O/c1-13-15(2,3)16(4,5)17(6,7)18(8,19-13)14-11-9-10-12-14/h13-14H,9-12H2,1-8H3. The molecule has 1 saturated carbocycles. The van der Waals surface area contributed by atoms with Gasteiger partial charge in [-0.25, -0.2) is 0 Å². The molecule has 19 heavy (non-hydrogen) atoms. The third kappa shape index (κ3) is 1.76. The van der Waals surface area contributed by atoms with Crippen LogP contribution >= 0.6 is 0 Å². The molecule has 1 nitrogen and oxygen atoms in total. The van der Waals surface area contributed by atoms with Crippen LogP contribution in [0.5, 0.6) is 0 Å². The average molecular weight is 266 g/mol. The Morgan fingerprint density at radius 2 is 1.26 bits per heavy atom. The zero-order chi connectivity index (χ0) is 14.7.